The third-order valence-corrected chi connectivity index (χ3v) is 5.01. The zero-order valence-corrected chi connectivity index (χ0v) is 14.4. The molecule has 0 fully saturated rings. The van der Waals surface area contributed by atoms with Gasteiger partial charge in [0.15, 0.2) is 9.70 Å². The predicted molar refractivity (Wildman–Crippen MR) is 81.1 cm³/mol. The van der Waals surface area contributed by atoms with Crippen molar-refractivity contribution in [3.05, 3.63) is 16.9 Å². The SMILES string of the molecule is CS(=O)(=O)O.N=c1sc2cc(OC(F)(F)F)cc3c2n1CC[S@@+]3[O-]. The van der Waals surface area contributed by atoms with Gasteiger partial charge in [0.1, 0.15) is 17.0 Å². The monoisotopic (exact) mass is 404 g/mol. The number of thiazole rings is 1. The van der Waals surface area contributed by atoms with Crippen LogP contribution in [0, 0.1) is 5.41 Å². The van der Waals surface area contributed by atoms with Crippen LogP contribution in [0.1, 0.15) is 0 Å². The first kappa shape index (κ1) is 19.1. The fraction of sp³-hybridized carbons (Fsp3) is 0.364. The molecule has 2 N–H and O–H groups in total. The summed E-state index contributed by atoms with van der Waals surface area (Å²) >= 11 is -0.311. The number of benzene rings is 1. The number of hydrogen-bond donors (Lipinski definition) is 2. The molecule has 1 aliphatic rings. The highest BCUT2D eigenvalue weighted by Gasteiger charge is 2.33. The molecule has 24 heavy (non-hydrogen) atoms. The molecule has 7 nitrogen and oxygen atoms in total. The Balaban J connectivity index is 0.000000368. The maximum absolute atomic E-state index is 12.2. The summed E-state index contributed by atoms with van der Waals surface area (Å²) < 4.78 is 80.5. The molecule has 0 saturated carbocycles. The van der Waals surface area contributed by atoms with Gasteiger partial charge in [0.25, 0.3) is 10.1 Å². The summed E-state index contributed by atoms with van der Waals surface area (Å²) in [4.78, 5) is 0.537. The molecular formula is C11H11F3N2O5S3. The Morgan fingerprint density at radius 1 is 1.46 bits per heavy atom. The van der Waals surface area contributed by atoms with E-state index >= 15 is 0 Å². The lowest BCUT2D eigenvalue weighted by Crippen LogP contribution is -2.25. The molecule has 1 aromatic carbocycles. The molecule has 0 amide bonds. The van der Waals surface area contributed by atoms with E-state index in [4.69, 9.17) is 9.96 Å². The van der Waals surface area contributed by atoms with Gasteiger partial charge in [0.2, 0.25) is 0 Å². The zero-order valence-electron chi connectivity index (χ0n) is 12.0. The van der Waals surface area contributed by atoms with E-state index in [1.165, 1.54) is 6.07 Å². The van der Waals surface area contributed by atoms with E-state index in [9.17, 15) is 26.1 Å². The van der Waals surface area contributed by atoms with Crippen molar-refractivity contribution in [2.45, 2.75) is 17.8 Å². The number of halogens is 3. The van der Waals surface area contributed by atoms with Crippen molar-refractivity contribution in [3.8, 4) is 5.75 Å². The molecule has 0 unspecified atom stereocenters. The quantitative estimate of drug-likeness (QED) is 0.555. The van der Waals surface area contributed by atoms with Crippen molar-refractivity contribution < 1.29 is 35.4 Å². The van der Waals surface area contributed by atoms with Crippen LogP contribution in [0.15, 0.2) is 17.0 Å². The van der Waals surface area contributed by atoms with Crippen molar-refractivity contribution in [3.63, 3.8) is 0 Å². The number of ether oxygens (including phenoxy) is 1. The first-order chi connectivity index (χ1) is 10.8. The fourth-order valence-corrected chi connectivity index (χ4v) is 4.34. The van der Waals surface area contributed by atoms with E-state index in [2.05, 4.69) is 4.74 Å². The van der Waals surface area contributed by atoms with Gasteiger partial charge in [-0.15, -0.1) is 13.2 Å². The van der Waals surface area contributed by atoms with E-state index in [1.807, 2.05) is 0 Å². The van der Waals surface area contributed by atoms with E-state index in [0.29, 0.717) is 33.7 Å². The average molecular weight is 404 g/mol. The summed E-state index contributed by atoms with van der Waals surface area (Å²) in [6.45, 7) is 0.442. The lowest BCUT2D eigenvalue weighted by Gasteiger charge is -2.19. The van der Waals surface area contributed by atoms with E-state index in [1.54, 1.807) is 4.57 Å². The summed E-state index contributed by atoms with van der Waals surface area (Å²) in [5.74, 6) is -0.0937. The van der Waals surface area contributed by atoms with Gasteiger partial charge in [-0.1, -0.05) is 11.3 Å². The molecule has 1 aromatic heterocycles. The number of rotatable bonds is 1. The maximum Gasteiger partial charge on any atom is 0.573 e. The minimum atomic E-state index is -4.78. The topological polar surface area (TPSA) is 115 Å². The smallest absolute Gasteiger partial charge is 0.573 e. The molecule has 134 valence electrons. The van der Waals surface area contributed by atoms with E-state index in [0.717, 1.165) is 17.4 Å². The summed E-state index contributed by atoms with van der Waals surface area (Å²) in [5.41, 5.74) is 0.578. The number of alkyl halides is 3. The lowest BCUT2D eigenvalue weighted by atomic mass is 10.3. The van der Waals surface area contributed by atoms with Gasteiger partial charge < -0.3 is 13.9 Å². The third-order valence-electron chi connectivity index (χ3n) is 2.71. The molecule has 1 atom stereocenters. The van der Waals surface area contributed by atoms with Crippen molar-refractivity contribution >= 4 is 42.8 Å². The van der Waals surface area contributed by atoms with Crippen LogP contribution in [0.25, 0.3) is 10.2 Å². The molecule has 3 rings (SSSR count). The van der Waals surface area contributed by atoms with Crippen molar-refractivity contribution in [1.29, 1.82) is 5.41 Å². The van der Waals surface area contributed by atoms with Crippen LogP contribution in [0.3, 0.4) is 0 Å². The number of aryl methyl sites for hydroxylation is 1. The Morgan fingerprint density at radius 2 is 2.04 bits per heavy atom. The highest BCUT2D eigenvalue weighted by molar-refractivity contribution is 7.91. The minimum absolute atomic E-state index is 0.233. The van der Waals surface area contributed by atoms with Crippen molar-refractivity contribution in [2.24, 2.45) is 0 Å². The molecule has 0 saturated heterocycles. The molecule has 0 spiro atoms. The number of hydrogen-bond acceptors (Lipinski definition) is 6. The van der Waals surface area contributed by atoms with Gasteiger partial charge in [0, 0.05) is 12.1 Å². The Bertz CT molecular complexity index is 911. The molecule has 1 aliphatic heterocycles. The second-order valence-electron chi connectivity index (χ2n) is 4.66. The summed E-state index contributed by atoms with van der Waals surface area (Å²) in [7, 11) is -3.67. The Morgan fingerprint density at radius 3 is 2.58 bits per heavy atom. The minimum Gasteiger partial charge on any atom is -0.611 e. The van der Waals surface area contributed by atoms with Crippen LogP contribution >= 0.6 is 11.3 Å². The Labute approximate surface area is 141 Å². The highest BCUT2D eigenvalue weighted by Crippen LogP contribution is 2.35. The van der Waals surface area contributed by atoms with Crippen LogP contribution in [0.5, 0.6) is 5.75 Å². The normalized spacial score (nSPS) is 17.3. The molecule has 2 aromatic rings. The van der Waals surface area contributed by atoms with E-state index in [-0.39, 0.29) is 4.80 Å². The summed E-state index contributed by atoms with van der Waals surface area (Å²) in [5, 5.41) is 7.77. The average Bonchev–Trinajstić information content (AvgIpc) is 2.66. The molecule has 0 aliphatic carbocycles. The van der Waals surface area contributed by atoms with Crippen molar-refractivity contribution in [2.75, 3.05) is 12.0 Å². The van der Waals surface area contributed by atoms with Crippen LogP contribution in [0.2, 0.25) is 0 Å². The number of nitrogens with zero attached hydrogens (tertiary/aromatic N) is 1. The van der Waals surface area contributed by atoms with Crippen LogP contribution in [-0.4, -0.2) is 40.5 Å². The molecule has 2 heterocycles. The fourth-order valence-electron chi connectivity index (χ4n) is 2.03. The number of nitrogens with one attached hydrogen (secondary N) is 1. The van der Waals surface area contributed by atoms with Crippen LogP contribution < -0.4 is 9.54 Å². The van der Waals surface area contributed by atoms with Crippen molar-refractivity contribution in [1.82, 2.24) is 4.57 Å². The zero-order chi connectivity index (χ0) is 18.3. The second kappa shape index (κ2) is 6.55. The molecule has 13 heteroatoms. The van der Waals surface area contributed by atoms with Gasteiger partial charge in [-0.2, -0.15) is 8.42 Å². The van der Waals surface area contributed by atoms with Crippen LogP contribution in [0.4, 0.5) is 13.2 Å². The van der Waals surface area contributed by atoms with E-state index < -0.39 is 33.4 Å². The van der Waals surface area contributed by atoms with Gasteiger partial charge in [-0.3, -0.25) is 9.96 Å². The second-order valence-corrected chi connectivity index (χ2v) is 8.69. The first-order valence-corrected chi connectivity index (χ1v) is 10.1. The predicted octanol–water partition coefficient (Wildman–Crippen LogP) is 1.71. The summed E-state index contributed by atoms with van der Waals surface area (Å²) in [6, 6.07) is 2.38. The maximum atomic E-state index is 12.2. The van der Waals surface area contributed by atoms with Gasteiger partial charge in [-0.25, -0.2) is 0 Å². The first-order valence-electron chi connectivity index (χ1n) is 6.14. The number of aromatic nitrogens is 1. The van der Waals surface area contributed by atoms with Crippen LogP contribution in [-0.2, 0) is 27.8 Å². The Kier molecular flexibility index (Phi) is 5.20. The third kappa shape index (κ3) is 4.86. The molecule has 0 radical (unpaired) electrons. The Hall–Kier alpha value is -1.28. The van der Waals surface area contributed by atoms with Gasteiger partial charge in [0.05, 0.1) is 17.5 Å². The van der Waals surface area contributed by atoms with Gasteiger partial charge >= 0.3 is 6.36 Å². The largest absolute Gasteiger partial charge is 0.611 e. The molecule has 0 bridgehead atoms. The lowest BCUT2D eigenvalue weighted by molar-refractivity contribution is -0.274. The van der Waals surface area contributed by atoms with Gasteiger partial charge in [-0.05, 0) is 11.2 Å². The standard InChI is InChI=1S/C10H7F3N2O2S2.CH4O3S/c11-10(12,13)17-5-3-6-8-7(4-5)19(16)2-1-15(8)9(14)18-6;1-5(2,3)4/h3-4,14H,1-2H2;1H3,(H,2,3,4)/t19-;/m1./s1. The summed E-state index contributed by atoms with van der Waals surface area (Å²) in [6.07, 6.45) is -4.07. The molecular weight excluding hydrogens is 393 g/mol. The highest BCUT2D eigenvalue weighted by atomic mass is 32.2.